The number of nitrogens with zero attached hydrogens (tertiary/aromatic N) is 1. The summed E-state index contributed by atoms with van der Waals surface area (Å²) in [6.07, 6.45) is 2.00. The summed E-state index contributed by atoms with van der Waals surface area (Å²) in [5, 5.41) is 13.6. The number of hydrogen-bond donors (Lipinski definition) is 1. The minimum atomic E-state index is -0.700. The highest BCUT2D eigenvalue weighted by Crippen LogP contribution is 2.38. The molecule has 0 bridgehead atoms. The Hall–Kier alpha value is -3.12. The monoisotopic (exact) mass is 464 g/mol. The fourth-order valence-electron chi connectivity index (χ4n) is 4.40. The molecule has 34 heavy (non-hydrogen) atoms. The maximum atomic E-state index is 13.6. The van der Waals surface area contributed by atoms with Crippen LogP contribution in [0.5, 0.6) is 5.75 Å². The Kier molecular flexibility index (Phi) is 8.88. The molecule has 1 N–H and O–H groups in total. The first-order valence-electron chi connectivity index (χ1n) is 12.3. The lowest BCUT2D eigenvalue weighted by molar-refractivity contribution is -0.895. The van der Waals surface area contributed by atoms with Crippen LogP contribution in [0.3, 0.4) is 0 Å². The number of hydrogen-bond acceptors (Lipinski definition) is 4. The van der Waals surface area contributed by atoms with Gasteiger partial charge >= 0.3 is 0 Å². The summed E-state index contributed by atoms with van der Waals surface area (Å²) < 4.78 is 5.81. The molecule has 6 nitrogen and oxygen atoms in total. The van der Waals surface area contributed by atoms with Gasteiger partial charge in [0.15, 0.2) is 0 Å². The molecule has 0 aliphatic carbocycles. The van der Waals surface area contributed by atoms with Gasteiger partial charge in [-0.3, -0.25) is 9.59 Å². The van der Waals surface area contributed by atoms with Crippen molar-refractivity contribution >= 4 is 17.4 Å². The molecule has 2 aromatic carbocycles. The number of Topliss-reactive ketones (excluding diaryl/α,β-unsaturated/α-hetero) is 1. The van der Waals surface area contributed by atoms with Crippen LogP contribution in [0.25, 0.3) is 5.76 Å². The molecule has 1 unspecified atom stereocenters. The topological polar surface area (TPSA) is 74.1 Å². The molecule has 2 aromatic rings. The Bertz CT molecular complexity index is 1030. The van der Waals surface area contributed by atoms with E-state index in [2.05, 4.69) is 20.8 Å². The standard InChI is InChI=1S/C28H36N2O4/c1-5-8-18-34-23-15-14-22(19-20(23)4)26(31)24-25(21-12-10-9-11-13-21)30(28(33)27(24)32)17-16-29(6-2)7-3/h9-15,19,25,31H,5-8,16-18H2,1-4H3. The van der Waals surface area contributed by atoms with Crippen LogP contribution < -0.4 is 14.7 Å². The average molecular weight is 465 g/mol. The van der Waals surface area contributed by atoms with Gasteiger partial charge in [0.25, 0.3) is 5.91 Å². The van der Waals surface area contributed by atoms with Crippen LogP contribution in [0, 0.1) is 6.92 Å². The number of aryl methyl sites for hydroxylation is 1. The molecule has 1 aliphatic heterocycles. The molecule has 0 aromatic heterocycles. The van der Waals surface area contributed by atoms with Crippen LogP contribution in [-0.4, -0.2) is 49.4 Å². The quantitative estimate of drug-likeness (QED) is 0.240. The first kappa shape index (κ1) is 25.5. The molecule has 1 fully saturated rings. The second kappa shape index (κ2) is 11.8. The second-order valence-electron chi connectivity index (χ2n) is 8.77. The van der Waals surface area contributed by atoms with Gasteiger partial charge in [0.2, 0.25) is 5.78 Å². The number of rotatable bonds is 11. The Labute approximate surface area is 202 Å². The minimum Gasteiger partial charge on any atom is -0.872 e. The number of quaternary nitrogens is 1. The van der Waals surface area contributed by atoms with Crippen molar-refractivity contribution in [3.8, 4) is 5.75 Å². The fraction of sp³-hybridized carbons (Fsp3) is 0.429. The highest BCUT2D eigenvalue weighted by atomic mass is 16.5. The SMILES string of the molecule is CCCCOc1ccc(C([O-])=C2C(=O)C(=O)N(CC[NH+](CC)CC)C2c2ccccc2)cc1C. The second-order valence-corrected chi connectivity index (χ2v) is 8.77. The lowest BCUT2D eigenvalue weighted by atomic mass is 9.95. The third-order valence-corrected chi connectivity index (χ3v) is 6.54. The van der Waals surface area contributed by atoms with Gasteiger partial charge in [-0.1, -0.05) is 55.5 Å². The summed E-state index contributed by atoms with van der Waals surface area (Å²) in [6, 6.07) is 13.9. The molecular weight excluding hydrogens is 428 g/mol. The van der Waals surface area contributed by atoms with E-state index in [9.17, 15) is 14.7 Å². The van der Waals surface area contributed by atoms with Gasteiger partial charge in [-0.2, -0.15) is 0 Å². The largest absolute Gasteiger partial charge is 0.872 e. The number of likely N-dealkylation sites (N-methyl/N-ethyl adjacent to an activating group) is 1. The van der Waals surface area contributed by atoms with Crippen molar-refractivity contribution in [2.24, 2.45) is 0 Å². The molecule has 1 amide bonds. The summed E-state index contributed by atoms with van der Waals surface area (Å²) in [5.41, 5.74) is 2.03. The van der Waals surface area contributed by atoms with E-state index < -0.39 is 23.5 Å². The molecule has 0 radical (unpaired) electrons. The van der Waals surface area contributed by atoms with E-state index in [4.69, 9.17) is 4.74 Å². The van der Waals surface area contributed by atoms with Crippen molar-refractivity contribution in [2.75, 3.05) is 32.8 Å². The third-order valence-electron chi connectivity index (χ3n) is 6.54. The van der Waals surface area contributed by atoms with Crippen LogP contribution in [0.2, 0.25) is 0 Å². The van der Waals surface area contributed by atoms with E-state index in [1.54, 1.807) is 23.1 Å². The van der Waals surface area contributed by atoms with Gasteiger partial charge in [0.05, 0.1) is 38.8 Å². The zero-order valence-corrected chi connectivity index (χ0v) is 20.7. The summed E-state index contributed by atoms with van der Waals surface area (Å²) in [4.78, 5) is 29.1. The number of carbonyl (C=O) groups is 2. The smallest absolute Gasteiger partial charge is 0.295 e. The Morgan fingerprint density at radius 2 is 1.76 bits per heavy atom. The highest BCUT2D eigenvalue weighted by Gasteiger charge is 2.44. The number of likely N-dealkylation sites (tertiary alicyclic amines) is 1. The molecule has 1 heterocycles. The number of nitrogens with one attached hydrogen (secondary N) is 1. The third kappa shape index (κ3) is 5.50. The highest BCUT2D eigenvalue weighted by molar-refractivity contribution is 6.46. The molecule has 1 saturated heterocycles. The van der Waals surface area contributed by atoms with Crippen molar-refractivity contribution in [3.05, 3.63) is 70.8 Å². The molecular formula is C28H36N2O4. The predicted molar refractivity (Wildman–Crippen MR) is 131 cm³/mol. The maximum absolute atomic E-state index is 13.6. The van der Waals surface area contributed by atoms with Crippen LogP contribution >= 0.6 is 0 Å². The van der Waals surface area contributed by atoms with E-state index in [0.29, 0.717) is 18.7 Å². The lowest BCUT2D eigenvalue weighted by Crippen LogP contribution is -3.12. The van der Waals surface area contributed by atoms with Gasteiger partial charge in [0, 0.05) is 5.57 Å². The summed E-state index contributed by atoms with van der Waals surface area (Å²) in [5.74, 6) is -0.963. The molecule has 182 valence electrons. The maximum Gasteiger partial charge on any atom is 0.295 e. The van der Waals surface area contributed by atoms with Crippen molar-refractivity contribution in [1.82, 2.24) is 4.90 Å². The van der Waals surface area contributed by atoms with Crippen molar-refractivity contribution in [3.63, 3.8) is 0 Å². The molecule has 1 atom stereocenters. The Morgan fingerprint density at radius 1 is 1.06 bits per heavy atom. The van der Waals surface area contributed by atoms with Crippen LogP contribution in [-0.2, 0) is 9.59 Å². The number of unbranched alkanes of at least 4 members (excludes halogenated alkanes) is 1. The first-order chi connectivity index (χ1) is 16.4. The Balaban J connectivity index is 2.00. The van der Waals surface area contributed by atoms with Gasteiger partial charge in [0.1, 0.15) is 5.75 Å². The van der Waals surface area contributed by atoms with E-state index in [-0.39, 0.29) is 5.57 Å². The van der Waals surface area contributed by atoms with Crippen LogP contribution in [0.1, 0.15) is 56.3 Å². The number of carbonyl (C=O) groups excluding carboxylic acids is 2. The molecule has 0 spiro atoms. The molecule has 1 aliphatic rings. The summed E-state index contributed by atoms with van der Waals surface area (Å²) in [6.45, 7) is 11.8. The van der Waals surface area contributed by atoms with Crippen molar-refractivity contribution < 1.29 is 24.3 Å². The lowest BCUT2D eigenvalue weighted by Gasteiger charge is -2.28. The summed E-state index contributed by atoms with van der Waals surface area (Å²) in [7, 11) is 0. The van der Waals surface area contributed by atoms with Crippen molar-refractivity contribution in [1.29, 1.82) is 0 Å². The minimum absolute atomic E-state index is 0.0322. The van der Waals surface area contributed by atoms with E-state index in [0.717, 1.165) is 49.4 Å². The zero-order valence-electron chi connectivity index (χ0n) is 20.7. The van der Waals surface area contributed by atoms with E-state index >= 15 is 0 Å². The number of ketones is 1. The zero-order chi connectivity index (χ0) is 24.7. The van der Waals surface area contributed by atoms with Crippen LogP contribution in [0.15, 0.2) is 54.1 Å². The number of benzene rings is 2. The molecule has 0 saturated carbocycles. The fourth-order valence-corrected chi connectivity index (χ4v) is 4.40. The van der Waals surface area contributed by atoms with Gasteiger partial charge < -0.3 is 19.6 Å². The first-order valence-corrected chi connectivity index (χ1v) is 12.3. The van der Waals surface area contributed by atoms with Crippen LogP contribution in [0.4, 0.5) is 0 Å². The van der Waals surface area contributed by atoms with E-state index in [1.165, 1.54) is 4.90 Å². The Morgan fingerprint density at radius 3 is 2.38 bits per heavy atom. The molecule has 6 heteroatoms. The van der Waals surface area contributed by atoms with E-state index in [1.807, 2.05) is 37.3 Å². The van der Waals surface area contributed by atoms with Crippen molar-refractivity contribution in [2.45, 2.75) is 46.6 Å². The normalized spacial score (nSPS) is 17.6. The van der Waals surface area contributed by atoms with Gasteiger partial charge in [-0.25, -0.2) is 0 Å². The average Bonchev–Trinajstić information content (AvgIpc) is 3.10. The summed E-state index contributed by atoms with van der Waals surface area (Å²) >= 11 is 0. The van der Waals surface area contributed by atoms with Gasteiger partial charge in [-0.05, 0) is 56.0 Å². The predicted octanol–water partition coefficient (Wildman–Crippen LogP) is 2.32. The molecule has 3 rings (SSSR count). The van der Waals surface area contributed by atoms with Gasteiger partial charge in [-0.15, -0.1) is 0 Å². The number of amides is 1. The number of ether oxygens (including phenoxy) is 1.